The molecule has 2 rings (SSSR count). The quantitative estimate of drug-likeness (QED) is 0.401. The van der Waals surface area contributed by atoms with Crippen molar-refractivity contribution >= 4 is 29.4 Å². The number of pyridine rings is 1. The van der Waals surface area contributed by atoms with Crippen molar-refractivity contribution in [3.63, 3.8) is 0 Å². The second kappa shape index (κ2) is 5.49. The van der Waals surface area contributed by atoms with Gasteiger partial charge in [0.25, 0.3) is 0 Å². The van der Waals surface area contributed by atoms with Crippen molar-refractivity contribution in [2.24, 2.45) is 0 Å². The molecule has 0 fully saturated rings. The van der Waals surface area contributed by atoms with E-state index < -0.39 is 5.78 Å². The van der Waals surface area contributed by atoms with Crippen LogP contribution in [0.5, 0.6) is 11.5 Å². The molecule has 0 aliphatic rings. The Balaban J connectivity index is 2.39. The number of ketones is 1. The van der Waals surface area contributed by atoms with Gasteiger partial charge in [-0.3, -0.25) is 14.6 Å². The zero-order valence-corrected chi connectivity index (χ0v) is 10.4. The molecular weight excluding hydrogens is 268 g/mol. The molecule has 96 valence electrons. The summed E-state index contributed by atoms with van der Waals surface area (Å²) in [5.74, 6) is -0.134. The van der Waals surface area contributed by atoms with Crippen molar-refractivity contribution in [2.45, 2.75) is 0 Å². The predicted octanol–water partition coefficient (Wildman–Crippen LogP) is 2.49. The van der Waals surface area contributed by atoms with Crippen LogP contribution in [0.4, 0.5) is 5.69 Å². The van der Waals surface area contributed by atoms with E-state index >= 15 is 0 Å². The fraction of sp³-hybridized carbons (Fsp3) is 0. The lowest BCUT2D eigenvalue weighted by Crippen LogP contribution is -2.04. The molecule has 6 heteroatoms. The number of rotatable bonds is 4. The molecule has 0 aliphatic heterocycles. The van der Waals surface area contributed by atoms with Gasteiger partial charge in [0.1, 0.15) is 11.5 Å². The zero-order valence-electron chi connectivity index (χ0n) is 9.67. The molecule has 1 aromatic heterocycles. The van der Waals surface area contributed by atoms with Gasteiger partial charge in [0.2, 0.25) is 5.78 Å². The van der Waals surface area contributed by atoms with Crippen molar-refractivity contribution in [1.82, 2.24) is 4.98 Å². The maximum atomic E-state index is 11.5. The molecule has 0 spiro atoms. The van der Waals surface area contributed by atoms with E-state index in [0.717, 1.165) is 0 Å². The van der Waals surface area contributed by atoms with Crippen molar-refractivity contribution in [2.75, 3.05) is 5.73 Å². The van der Waals surface area contributed by atoms with Crippen LogP contribution in [0, 0.1) is 0 Å². The molecule has 5 nitrogen and oxygen atoms in total. The molecule has 19 heavy (non-hydrogen) atoms. The number of aromatic nitrogens is 1. The summed E-state index contributed by atoms with van der Waals surface area (Å²) in [6.07, 6.45) is 3.10. The Kier molecular flexibility index (Phi) is 3.77. The molecule has 0 amide bonds. The van der Waals surface area contributed by atoms with E-state index in [-0.39, 0.29) is 17.6 Å². The summed E-state index contributed by atoms with van der Waals surface area (Å²) in [6, 6.07) is 5.99. The normalized spacial score (nSPS) is 9.95. The summed E-state index contributed by atoms with van der Waals surface area (Å²) in [6.45, 7) is 0. The van der Waals surface area contributed by atoms with Gasteiger partial charge >= 0.3 is 0 Å². The minimum absolute atomic E-state index is 0.0926. The molecule has 0 bridgehead atoms. The molecule has 1 aromatic carbocycles. The van der Waals surface area contributed by atoms with E-state index in [2.05, 4.69) is 4.98 Å². The highest BCUT2D eigenvalue weighted by Gasteiger charge is 2.13. The first-order chi connectivity index (χ1) is 9.10. The summed E-state index contributed by atoms with van der Waals surface area (Å²) in [4.78, 5) is 26.0. The molecule has 0 saturated carbocycles. The Bertz CT molecular complexity index is 644. The number of carbonyl (C=O) groups is 2. The van der Waals surface area contributed by atoms with E-state index in [1.165, 1.54) is 24.5 Å². The predicted molar refractivity (Wildman–Crippen MR) is 70.6 cm³/mol. The maximum Gasteiger partial charge on any atom is 0.229 e. The van der Waals surface area contributed by atoms with Crippen molar-refractivity contribution in [3.8, 4) is 11.5 Å². The van der Waals surface area contributed by atoms with E-state index in [0.29, 0.717) is 16.5 Å². The molecule has 2 aromatic rings. The third kappa shape index (κ3) is 3.08. The summed E-state index contributed by atoms with van der Waals surface area (Å²) in [7, 11) is 0. The molecule has 0 aliphatic carbocycles. The van der Waals surface area contributed by atoms with Crippen LogP contribution < -0.4 is 10.5 Å². The largest absolute Gasteiger partial charge is 0.455 e. The SMILES string of the molecule is Nc1ccc(Oc2cncc(Cl)c2)c(C(=O)C=O)c1. The van der Waals surface area contributed by atoms with Gasteiger partial charge < -0.3 is 10.5 Å². The van der Waals surface area contributed by atoms with Crippen LogP contribution >= 0.6 is 11.6 Å². The minimum atomic E-state index is -0.711. The molecular formula is C13H9ClN2O3. The van der Waals surface area contributed by atoms with E-state index in [1.54, 1.807) is 12.1 Å². The van der Waals surface area contributed by atoms with Gasteiger partial charge in [-0.1, -0.05) is 11.6 Å². The molecule has 0 radical (unpaired) electrons. The Hall–Kier alpha value is -2.40. The highest BCUT2D eigenvalue weighted by Crippen LogP contribution is 2.28. The van der Waals surface area contributed by atoms with Gasteiger partial charge in [-0.25, -0.2) is 0 Å². The van der Waals surface area contributed by atoms with Crippen LogP contribution in [0.1, 0.15) is 10.4 Å². The lowest BCUT2D eigenvalue weighted by atomic mass is 10.1. The number of carbonyl (C=O) groups excluding carboxylic acids is 2. The molecule has 2 N–H and O–H groups in total. The summed E-state index contributed by atoms with van der Waals surface area (Å²) in [5, 5.41) is 0.399. The number of nitrogen functional groups attached to an aromatic ring is 1. The average molecular weight is 277 g/mol. The van der Waals surface area contributed by atoms with Gasteiger partial charge in [0.15, 0.2) is 6.29 Å². The number of ether oxygens (including phenoxy) is 1. The van der Waals surface area contributed by atoms with Gasteiger partial charge in [-0.15, -0.1) is 0 Å². The van der Waals surface area contributed by atoms with Gasteiger partial charge in [0.05, 0.1) is 16.8 Å². The topological polar surface area (TPSA) is 82.3 Å². The van der Waals surface area contributed by atoms with Crippen molar-refractivity contribution in [3.05, 3.63) is 47.2 Å². The fourth-order valence-electron chi connectivity index (χ4n) is 1.47. The highest BCUT2D eigenvalue weighted by atomic mass is 35.5. The van der Waals surface area contributed by atoms with Crippen LogP contribution in [0.3, 0.4) is 0 Å². The number of hydrogen-bond donors (Lipinski definition) is 1. The second-order valence-electron chi connectivity index (χ2n) is 3.68. The Morgan fingerprint density at radius 3 is 2.79 bits per heavy atom. The van der Waals surface area contributed by atoms with Crippen molar-refractivity contribution in [1.29, 1.82) is 0 Å². The van der Waals surface area contributed by atoms with Gasteiger partial charge in [-0.05, 0) is 18.2 Å². The first-order valence-corrected chi connectivity index (χ1v) is 5.65. The maximum absolute atomic E-state index is 11.5. The highest BCUT2D eigenvalue weighted by molar-refractivity contribution is 6.34. The first-order valence-electron chi connectivity index (χ1n) is 5.27. The number of benzene rings is 1. The minimum Gasteiger partial charge on any atom is -0.455 e. The number of Topliss-reactive ketones (excluding diaryl/α,β-unsaturated/α-hetero) is 1. The Morgan fingerprint density at radius 2 is 2.11 bits per heavy atom. The number of nitrogens with zero attached hydrogens (tertiary/aromatic N) is 1. The molecule has 1 heterocycles. The van der Waals surface area contributed by atoms with E-state index in [4.69, 9.17) is 22.1 Å². The van der Waals surface area contributed by atoms with Crippen LogP contribution in [-0.4, -0.2) is 17.1 Å². The monoisotopic (exact) mass is 276 g/mol. The van der Waals surface area contributed by atoms with Crippen LogP contribution in [0.2, 0.25) is 5.02 Å². The number of nitrogens with two attached hydrogens (primary N) is 1. The number of aldehydes is 1. The first kappa shape index (κ1) is 13.0. The third-order valence-electron chi connectivity index (χ3n) is 2.28. The van der Waals surface area contributed by atoms with Crippen LogP contribution in [-0.2, 0) is 4.79 Å². The van der Waals surface area contributed by atoms with E-state index in [9.17, 15) is 9.59 Å². The van der Waals surface area contributed by atoms with Crippen LogP contribution in [0.25, 0.3) is 0 Å². The van der Waals surface area contributed by atoms with Gasteiger partial charge in [0, 0.05) is 18.0 Å². The smallest absolute Gasteiger partial charge is 0.229 e. The second-order valence-corrected chi connectivity index (χ2v) is 4.12. The van der Waals surface area contributed by atoms with Gasteiger partial charge in [-0.2, -0.15) is 0 Å². The summed E-state index contributed by atoms with van der Waals surface area (Å²) in [5.41, 5.74) is 6.04. The average Bonchev–Trinajstić information content (AvgIpc) is 2.40. The number of anilines is 1. The summed E-state index contributed by atoms with van der Waals surface area (Å²) >= 11 is 5.78. The standard InChI is InChI=1S/C13H9ClN2O3/c14-8-3-10(6-16-5-8)19-13-2-1-9(15)4-11(13)12(18)7-17/h1-7H,15H2. The summed E-state index contributed by atoms with van der Waals surface area (Å²) < 4.78 is 5.49. The Labute approximate surface area is 114 Å². The lowest BCUT2D eigenvalue weighted by molar-refractivity contribution is -0.104. The lowest BCUT2D eigenvalue weighted by Gasteiger charge is -2.09. The molecule has 0 atom stereocenters. The molecule has 0 saturated heterocycles. The zero-order chi connectivity index (χ0) is 13.8. The van der Waals surface area contributed by atoms with E-state index in [1.807, 2.05) is 0 Å². The number of halogens is 1. The van der Waals surface area contributed by atoms with Crippen molar-refractivity contribution < 1.29 is 14.3 Å². The van der Waals surface area contributed by atoms with Crippen LogP contribution in [0.15, 0.2) is 36.7 Å². The molecule has 0 unspecified atom stereocenters. The third-order valence-corrected chi connectivity index (χ3v) is 2.49. The Morgan fingerprint density at radius 1 is 1.32 bits per heavy atom. The fourth-order valence-corrected chi connectivity index (χ4v) is 1.63. The number of hydrogen-bond acceptors (Lipinski definition) is 5.